The van der Waals surface area contributed by atoms with E-state index in [2.05, 4.69) is 11.3 Å². The maximum atomic E-state index is 12.3. The normalized spacial score (nSPS) is 20.1. The van der Waals surface area contributed by atoms with Crippen LogP contribution < -0.4 is 4.74 Å². The number of ether oxygens (including phenoxy) is 2. The highest BCUT2D eigenvalue weighted by Gasteiger charge is 2.62. The fraction of sp³-hybridized carbons (Fsp3) is 0.286. The number of halogens is 1. The van der Waals surface area contributed by atoms with Gasteiger partial charge in [0.1, 0.15) is 18.1 Å². The van der Waals surface area contributed by atoms with Gasteiger partial charge in [-0.25, -0.2) is 0 Å². The topological polar surface area (TPSA) is 35.5 Å². The van der Waals surface area contributed by atoms with Gasteiger partial charge < -0.3 is 9.47 Å². The van der Waals surface area contributed by atoms with E-state index in [1.54, 1.807) is 0 Å². The Kier molecular flexibility index (Phi) is 5.01. The van der Waals surface area contributed by atoms with Crippen molar-refractivity contribution >= 4 is 17.6 Å². The Balaban J connectivity index is 1.59. The van der Waals surface area contributed by atoms with Crippen LogP contribution in [0.5, 0.6) is 11.5 Å². The SMILES string of the molecule is CC1(C)[C@H](C(=O)OCc2cccc(Oc3ccccc3)c2)[C@@H]1C#CCl. The Hall–Kier alpha value is -2.44. The van der Waals surface area contributed by atoms with Gasteiger partial charge in [-0.2, -0.15) is 0 Å². The Morgan fingerprint density at radius 2 is 1.84 bits per heavy atom. The standard InChI is InChI=1S/C21H19ClO3/c1-21(2)18(11-12-22)19(21)20(23)24-14-15-7-6-10-17(13-15)25-16-8-4-3-5-9-16/h3-10,13,18-19H,14H2,1-2H3/t18-,19-/m0/s1. The highest BCUT2D eigenvalue weighted by molar-refractivity contribution is 6.30. The zero-order valence-electron chi connectivity index (χ0n) is 14.2. The van der Waals surface area contributed by atoms with E-state index in [-0.39, 0.29) is 29.8 Å². The highest BCUT2D eigenvalue weighted by atomic mass is 35.5. The van der Waals surface area contributed by atoms with Crippen LogP contribution in [-0.2, 0) is 16.1 Å². The van der Waals surface area contributed by atoms with Crippen molar-refractivity contribution < 1.29 is 14.3 Å². The van der Waals surface area contributed by atoms with Gasteiger partial charge in [0.05, 0.1) is 5.92 Å². The third-order valence-electron chi connectivity index (χ3n) is 4.55. The van der Waals surface area contributed by atoms with Crippen LogP contribution in [0.3, 0.4) is 0 Å². The van der Waals surface area contributed by atoms with Crippen LogP contribution in [0.15, 0.2) is 54.6 Å². The largest absolute Gasteiger partial charge is 0.461 e. The van der Waals surface area contributed by atoms with Crippen molar-refractivity contribution in [2.24, 2.45) is 17.3 Å². The molecular weight excluding hydrogens is 336 g/mol. The second-order valence-corrected chi connectivity index (χ2v) is 6.87. The number of carbonyl (C=O) groups excluding carboxylic acids is 1. The number of hydrogen-bond acceptors (Lipinski definition) is 3. The summed E-state index contributed by atoms with van der Waals surface area (Å²) in [7, 11) is 0. The highest BCUT2D eigenvalue weighted by Crippen LogP contribution is 2.58. The summed E-state index contributed by atoms with van der Waals surface area (Å²) >= 11 is 5.46. The molecule has 2 aromatic carbocycles. The van der Waals surface area contributed by atoms with E-state index in [1.165, 1.54) is 0 Å². The van der Waals surface area contributed by atoms with Crippen molar-refractivity contribution in [1.29, 1.82) is 0 Å². The summed E-state index contributed by atoms with van der Waals surface area (Å²) in [4.78, 5) is 12.3. The zero-order valence-corrected chi connectivity index (χ0v) is 14.9. The van der Waals surface area contributed by atoms with Gasteiger partial charge in [0.25, 0.3) is 0 Å². The van der Waals surface area contributed by atoms with Crippen molar-refractivity contribution in [3.63, 3.8) is 0 Å². The summed E-state index contributed by atoms with van der Waals surface area (Å²) in [6, 6.07) is 17.1. The maximum absolute atomic E-state index is 12.3. The molecule has 0 heterocycles. The average Bonchev–Trinajstić information content (AvgIpc) is 3.15. The van der Waals surface area contributed by atoms with E-state index in [0.29, 0.717) is 5.75 Å². The summed E-state index contributed by atoms with van der Waals surface area (Å²) < 4.78 is 11.3. The van der Waals surface area contributed by atoms with Crippen LogP contribution in [-0.4, -0.2) is 5.97 Å². The first kappa shape index (κ1) is 17.4. The lowest BCUT2D eigenvalue weighted by atomic mass is 10.1. The second kappa shape index (κ2) is 7.21. The number of benzene rings is 2. The number of rotatable bonds is 5. The van der Waals surface area contributed by atoms with E-state index >= 15 is 0 Å². The first-order valence-corrected chi connectivity index (χ1v) is 8.50. The molecule has 0 amide bonds. The van der Waals surface area contributed by atoms with Gasteiger partial charge in [-0.15, -0.1) is 0 Å². The molecule has 0 aliphatic heterocycles. The van der Waals surface area contributed by atoms with Gasteiger partial charge in [-0.05, 0) is 46.8 Å². The smallest absolute Gasteiger partial charge is 0.311 e. The first-order valence-electron chi connectivity index (χ1n) is 8.12. The molecule has 0 saturated heterocycles. The molecule has 3 nitrogen and oxygen atoms in total. The lowest BCUT2D eigenvalue weighted by Crippen LogP contribution is -2.10. The van der Waals surface area contributed by atoms with Crippen LogP contribution in [0.25, 0.3) is 0 Å². The molecule has 128 valence electrons. The number of hydrogen-bond donors (Lipinski definition) is 0. The minimum Gasteiger partial charge on any atom is -0.461 e. The molecule has 4 heteroatoms. The summed E-state index contributed by atoms with van der Waals surface area (Å²) in [6.45, 7) is 4.21. The van der Waals surface area contributed by atoms with Gasteiger partial charge in [0, 0.05) is 11.3 Å². The molecule has 0 aromatic heterocycles. The summed E-state index contributed by atoms with van der Waals surface area (Å²) in [5, 5.41) is 2.37. The Bertz CT molecular complexity index is 818. The maximum Gasteiger partial charge on any atom is 0.311 e. The molecule has 2 aromatic rings. The molecule has 2 atom stereocenters. The lowest BCUT2D eigenvalue weighted by molar-refractivity contribution is -0.147. The van der Waals surface area contributed by atoms with Gasteiger partial charge in [0.2, 0.25) is 0 Å². The molecule has 3 rings (SSSR count). The minimum atomic E-state index is -0.233. The molecule has 0 bridgehead atoms. The quantitative estimate of drug-likeness (QED) is 0.560. The molecule has 0 spiro atoms. The summed E-state index contributed by atoms with van der Waals surface area (Å²) in [5.41, 5.74) is 0.692. The van der Waals surface area contributed by atoms with Crippen molar-refractivity contribution in [2.75, 3.05) is 0 Å². The van der Waals surface area contributed by atoms with E-state index in [0.717, 1.165) is 11.3 Å². The Morgan fingerprint density at radius 1 is 1.12 bits per heavy atom. The molecule has 0 radical (unpaired) electrons. The average molecular weight is 355 g/mol. The third-order valence-corrected chi connectivity index (χ3v) is 4.66. The van der Waals surface area contributed by atoms with Crippen LogP contribution in [0.4, 0.5) is 0 Å². The molecule has 1 aliphatic carbocycles. The van der Waals surface area contributed by atoms with Gasteiger partial charge in [-0.3, -0.25) is 4.79 Å². The van der Waals surface area contributed by atoms with Gasteiger partial charge >= 0.3 is 5.97 Å². The lowest BCUT2D eigenvalue weighted by Gasteiger charge is -2.09. The van der Waals surface area contributed by atoms with Crippen molar-refractivity contribution in [3.05, 3.63) is 60.2 Å². The molecule has 1 aliphatic rings. The van der Waals surface area contributed by atoms with E-state index in [4.69, 9.17) is 21.1 Å². The molecule has 0 unspecified atom stereocenters. The van der Waals surface area contributed by atoms with Crippen molar-refractivity contribution in [3.8, 4) is 22.8 Å². The number of carbonyl (C=O) groups is 1. The van der Waals surface area contributed by atoms with Crippen LogP contribution in [0, 0.1) is 28.6 Å². The molecule has 0 N–H and O–H groups in total. The van der Waals surface area contributed by atoms with Gasteiger partial charge in [0.15, 0.2) is 0 Å². The summed E-state index contributed by atoms with van der Waals surface area (Å²) in [5.74, 6) is 3.85. The number of esters is 1. The Labute approximate surface area is 152 Å². The number of para-hydroxylation sites is 1. The second-order valence-electron chi connectivity index (χ2n) is 6.69. The van der Waals surface area contributed by atoms with Crippen molar-refractivity contribution in [1.82, 2.24) is 0 Å². The fourth-order valence-corrected chi connectivity index (χ4v) is 3.09. The predicted octanol–water partition coefficient (Wildman–Crippen LogP) is 4.99. The predicted molar refractivity (Wildman–Crippen MR) is 97.1 cm³/mol. The van der Waals surface area contributed by atoms with E-state index in [1.807, 2.05) is 68.4 Å². The fourth-order valence-electron chi connectivity index (χ4n) is 2.97. The van der Waals surface area contributed by atoms with Crippen LogP contribution in [0.1, 0.15) is 19.4 Å². The van der Waals surface area contributed by atoms with Crippen LogP contribution >= 0.6 is 11.6 Å². The van der Waals surface area contributed by atoms with Gasteiger partial charge in [-0.1, -0.05) is 50.1 Å². The Morgan fingerprint density at radius 3 is 2.56 bits per heavy atom. The zero-order chi connectivity index (χ0) is 17.9. The van der Waals surface area contributed by atoms with E-state index < -0.39 is 0 Å². The van der Waals surface area contributed by atoms with Crippen LogP contribution in [0.2, 0.25) is 0 Å². The third kappa shape index (κ3) is 3.97. The molecule has 25 heavy (non-hydrogen) atoms. The molecule has 1 saturated carbocycles. The summed E-state index contributed by atoms with van der Waals surface area (Å²) in [6.07, 6.45) is 0. The van der Waals surface area contributed by atoms with E-state index in [9.17, 15) is 4.79 Å². The molecular formula is C21H19ClO3. The van der Waals surface area contributed by atoms with Crippen molar-refractivity contribution in [2.45, 2.75) is 20.5 Å². The monoisotopic (exact) mass is 354 g/mol. The first-order chi connectivity index (χ1) is 12.0. The minimum absolute atomic E-state index is 0.0368. The molecule has 1 fully saturated rings.